The Kier molecular flexibility index (Phi) is 5.72. The minimum absolute atomic E-state index is 0.0745. The normalized spacial score (nSPS) is 11.4. The highest BCUT2D eigenvalue weighted by Crippen LogP contribution is 2.27. The maximum absolute atomic E-state index is 12.5. The molecule has 0 radical (unpaired) electrons. The Morgan fingerprint density at radius 3 is 2.40 bits per heavy atom. The van der Waals surface area contributed by atoms with E-state index in [9.17, 15) is 13.2 Å². The van der Waals surface area contributed by atoms with Crippen molar-refractivity contribution in [3.63, 3.8) is 0 Å². The Labute approximate surface area is 152 Å². The van der Waals surface area contributed by atoms with Crippen molar-refractivity contribution >= 4 is 33.2 Å². The fourth-order valence-corrected chi connectivity index (χ4v) is 3.35. The van der Waals surface area contributed by atoms with Crippen LogP contribution in [0.5, 0.6) is 5.75 Å². The standard InChI is InChI=1S/C17H19ClN2O4S/c1-11-5-7-13(10-14(11)18)19-17(21)12-6-8-15(24-4)16(9-12)25(22,23)20(2)3/h5-10H,1-4H3,(H,19,21). The zero-order valence-corrected chi connectivity index (χ0v) is 15.9. The summed E-state index contributed by atoms with van der Waals surface area (Å²) in [5.74, 6) is -0.276. The van der Waals surface area contributed by atoms with Crippen LogP contribution in [0.1, 0.15) is 15.9 Å². The van der Waals surface area contributed by atoms with Crippen molar-refractivity contribution in [2.45, 2.75) is 11.8 Å². The van der Waals surface area contributed by atoms with Gasteiger partial charge in [0.1, 0.15) is 10.6 Å². The molecular weight excluding hydrogens is 364 g/mol. The molecule has 0 spiro atoms. The molecule has 1 N–H and O–H groups in total. The van der Waals surface area contributed by atoms with Crippen molar-refractivity contribution in [3.05, 3.63) is 52.5 Å². The number of anilines is 1. The molecule has 2 rings (SSSR count). The number of carbonyl (C=O) groups is 1. The van der Waals surface area contributed by atoms with Gasteiger partial charge in [0, 0.05) is 30.4 Å². The molecule has 8 heteroatoms. The molecular formula is C17H19ClN2O4S. The minimum atomic E-state index is -3.75. The number of nitrogens with zero attached hydrogens (tertiary/aromatic N) is 1. The molecule has 0 unspecified atom stereocenters. The van der Waals surface area contributed by atoms with E-state index in [4.69, 9.17) is 16.3 Å². The summed E-state index contributed by atoms with van der Waals surface area (Å²) in [5, 5.41) is 3.23. The van der Waals surface area contributed by atoms with E-state index in [-0.39, 0.29) is 16.2 Å². The number of nitrogens with one attached hydrogen (secondary N) is 1. The van der Waals surface area contributed by atoms with Crippen LogP contribution < -0.4 is 10.1 Å². The molecule has 134 valence electrons. The Morgan fingerprint density at radius 1 is 1.16 bits per heavy atom. The van der Waals surface area contributed by atoms with Crippen LogP contribution >= 0.6 is 11.6 Å². The number of rotatable bonds is 5. The molecule has 2 aromatic rings. The quantitative estimate of drug-likeness (QED) is 0.861. The molecule has 25 heavy (non-hydrogen) atoms. The predicted molar refractivity (Wildman–Crippen MR) is 98.0 cm³/mol. The van der Waals surface area contributed by atoms with Crippen LogP contribution in [0.3, 0.4) is 0 Å². The average Bonchev–Trinajstić information content (AvgIpc) is 2.57. The Bertz CT molecular complexity index is 911. The van der Waals surface area contributed by atoms with E-state index in [1.54, 1.807) is 18.2 Å². The zero-order valence-electron chi connectivity index (χ0n) is 14.3. The lowest BCUT2D eigenvalue weighted by atomic mass is 10.2. The summed E-state index contributed by atoms with van der Waals surface area (Å²) in [6.45, 7) is 1.86. The first-order valence-electron chi connectivity index (χ1n) is 7.35. The van der Waals surface area contributed by atoms with Gasteiger partial charge >= 0.3 is 0 Å². The molecule has 0 saturated carbocycles. The van der Waals surface area contributed by atoms with Crippen molar-refractivity contribution in [1.82, 2.24) is 4.31 Å². The summed E-state index contributed by atoms with van der Waals surface area (Å²) in [6, 6.07) is 9.38. The van der Waals surface area contributed by atoms with E-state index in [0.717, 1.165) is 9.87 Å². The molecule has 0 fully saturated rings. The summed E-state index contributed by atoms with van der Waals surface area (Å²) in [7, 11) is 0.444. The third kappa shape index (κ3) is 4.12. The minimum Gasteiger partial charge on any atom is -0.495 e. The fraction of sp³-hybridized carbons (Fsp3) is 0.235. The summed E-state index contributed by atoms with van der Waals surface area (Å²) in [5.41, 5.74) is 1.61. The first-order chi connectivity index (χ1) is 11.7. The summed E-state index contributed by atoms with van der Waals surface area (Å²) < 4.78 is 31.0. The van der Waals surface area contributed by atoms with Gasteiger partial charge in [-0.15, -0.1) is 0 Å². The van der Waals surface area contributed by atoms with E-state index in [2.05, 4.69) is 5.32 Å². The van der Waals surface area contributed by atoms with Gasteiger partial charge in [-0.05, 0) is 42.8 Å². The number of ether oxygens (including phenoxy) is 1. The maximum Gasteiger partial charge on any atom is 0.255 e. The van der Waals surface area contributed by atoms with Crippen LogP contribution in [0.15, 0.2) is 41.3 Å². The van der Waals surface area contributed by atoms with E-state index in [0.29, 0.717) is 10.7 Å². The Balaban J connectivity index is 2.39. The number of hydrogen-bond acceptors (Lipinski definition) is 4. The fourth-order valence-electron chi connectivity index (χ4n) is 2.09. The van der Waals surface area contributed by atoms with E-state index < -0.39 is 15.9 Å². The highest BCUT2D eigenvalue weighted by Gasteiger charge is 2.24. The van der Waals surface area contributed by atoms with Crippen LogP contribution in [0.2, 0.25) is 5.02 Å². The summed E-state index contributed by atoms with van der Waals surface area (Å²) >= 11 is 6.05. The first kappa shape index (κ1) is 19.2. The number of benzene rings is 2. The molecule has 0 aliphatic carbocycles. The molecule has 2 aromatic carbocycles. The second kappa shape index (κ2) is 7.43. The third-order valence-corrected chi connectivity index (χ3v) is 5.86. The molecule has 0 bridgehead atoms. The van der Waals surface area contributed by atoms with Crippen molar-refractivity contribution in [3.8, 4) is 5.75 Å². The van der Waals surface area contributed by atoms with Crippen LogP contribution in [0, 0.1) is 6.92 Å². The van der Waals surface area contributed by atoms with Gasteiger partial charge in [-0.2, -0.15) is 0 Å². The van der Waals surface area contributed by atoms with Gasteiger partial charge in [0.05, 0.1) is 7.11 Å². The Hall–Kier alpha value is -2.09. The molecule has 0 aromatic heterocycles. The number of amides is 1. The smallest absolute Gasteiger partial charge is 0.255 e. The van der Waals surface area contributed by atoms with Gasteiger partial charge < -0.3 is 10.1 Å². The van der Waals surface area contributed by atoms with Gasteiger partial charge in [0.15, 0.2) is 0 Å². The lowest BCUT2D eigenvalue weighted by Crippen LogP contribution is -2.23. The highest BCUT2D eigenvalue weighted by atomic mass is 35.5. The van der Waals surface area contributed by atoms with Crippen molar-refractivity contribution in [2.24, 2.45) is 0 Å². The number of aryl methyl sites for hydroxylation is 1. The SMILES string of the molecule is COc1ccc(C(=O)Nc2ccc(C)c(Cl)c2)cc1S(=O)(=O)N(C)C. The molecule has 0 aliphatic rings. The van der Waals surface area contributed by atoms with Gasteiger partial charge in [0.2, 0.25) is 10.0 Å². The van der Waals surface area contributed by atoms with Crippen LogP contribution in [-0.4, -0.2) is 39.8 Å². The molecule has 0 heterocycles. The second-order valence-corrected chi connectivity index (χ2v) is 8.10. The number of sulfonamides is 1. The van der Waals surface area contributed by atoms with Gasteiger partial charge in [-0.25, -0.2) is 12.7 Å². The van der Waals surface area contributed by atoms with Crippen LogP contribution in [0.25, 0.3) is 0 Å². The van der Waals surface area contributed by atoms with Gasteiger partial charge in [0.25, 0.3) is 5.91 Å². The predicted octanol–water partition coefficient (Wildman–Crippen LogP) is 3.16. The monoisotopic (exact) mass is 382 g/mol. The molecule has 0 aliphatic heterocycles. The highest BCUT2D eigenvalue weighted by molar-refractivity contribution is 7.89. The molecule has 0 atom stereocenters. The lowest BCUT2D eigenvalue weighted by molar-refractivity contribution is 0.102. The number of methoxy groups -OCH3 is 1. The lowest BCUT2D eigenvalue weighted by Gasteiger charge is -2.15. The number of carbonyl (C=O) groups excluding carboxylic acids is 1. The second-order valence-electron chi connectivity index (χ2n) is 5.57. The topological polar surface area (TPSA) is 75.7 Å². The summed E-state index contributed by atoms with van der Waals surface area (Å²) in [6.07, 6.45) is 0. The van der Waals surface area contributed by atoms with Crippen LogP contribution in [-0.2, 0) is 10.0 Å². The molecule has 6 nitrogen and oxygen atoms in total. The van der Waals surface area contributed by atoms with Crippen molar-refractivity contribution in [2.75, 3.05) is 26.5 Å². The van der Waals surface area contributed by atoms with E-state index >= 15 is 0 Å². The van der Waals surface area contributed by atoms with Gasteiger partial charge in [-0.3, -0.25) is 4.79 Å². The molecule has 1 amide bonds. The van der Waals surface area contributed by atoms with Crippen LogP contribution in [0.4, 0.5) is 5.69 Å². The average molecular weight is 383 g/mol. The third-order valence-electron chi connectivity index (χ3n) is 3.61. The first-order valence-corrected chi connectivity index (χ1v) is 9.16. The summed E-state index contributed by atoms with van der Waals surface area (Å²) in [4.78, 5) is 12.4. The largest absolute Gasteiger partial charge is 0.495 e. The zero-order chi connectivity index (χ0) is 18.8. The van der Waals surface area contributed by atoms with Crippen molar-refractivity contribution < 1.29 is 17.9 Å². The molecule has 0 saturated heterocycles. The van der Waals surface area contributed by atoms with E-state index in [1.807, 2.05) is 6.92 Å². The van der Waals surface area contributed by atoms with Crippen molar-refractivity contribution in [1.29, 1.82) is 0 Å². The number of hydrogen-bond donors (Lipinski definition) is 1. The van der Waals surface area contributed by atoms with E-state index in [1.165, 1.54) is 39.4 Å². The van der Waals surface area contributed by atoms with Gasteiger partial charge in [-0.1, -0.05) is 17.7 Å². The Morgan fingerprint density at radius 2 is 1.84 bits per heavy atom. The maximum atomic E-state index is 12.5. The number of halogens is 1.